The van der Waals surface area contributed by atoms with Crippen molar-refractivity contribution in [3.63, 3.8) is 0 Å². The van der Waals surface area contributed by atoms with Crippen molar-refractivity contribution >= 4 is 22.9 Å². The largest absolute Gasteiger partial charge is 0.346 e. The van der Waals surface area contributed by atoms with E-state index in [9.17, 15) is 4.79 Å². The van der Waals surface area contributed by atoms with Crippen molar-refractivity contribution in [1.82, 2.24) is 20.0 Å². The fourth-order valence-corrected chi connectivity index (χ4v) is 4.21. The van der Waals surface area contributed by atoms with Gasteiger partial charge in [0, 0.05) is 17.1 Å². The molecular weight excluding hydrogens is 320 g/mol. The van der Waals surface area contributed by atoms with E-state index in [1.807, 2.05) is 41.9 Å². The van der Waals surface area contributed by atoms with Gasteiger partial charge in [-0.3, -0.25) is 4.79 Å². The van der Waals surface area contributed by atoms with Gasteiger partial charge in [0.25, 0.3) is 5.91 Å². The van der Waals surface area contributed by atoms with Gasteiger partial charge in [0.05, 0.1) is 23.3 Å². The average molecular weight is 340 g/mol. The molecule has 3 aromatic heterocycles. The molecule has 5 nitrogen and oxygen atoms in total. The topological polar surface area (TPSA) is 58.4 Å². The lowest BCUT2D eigenvalue weighted by Crippen LogP contribution is -2.22. The molecule has 4 rings (SSSR count). The summed E-state index contributed by atoms with van der Waals surface area (Å²) in [6, 6.07) is 8.44. The molecule has 24 heavy (non-hydrogen) atoms. The van der Waals surface area contributed by atoms with Crippen LogP contribution in [0.2, 0.25) is 0 Å². The summed E-state index contributed by atoms with van der Waals surface area (Å²) in [6.07, 6.45) is 6.16. The summed E-state index contributed by atoms with van der Waals surface area (Å²) in [6.45, 7) is 3.57. The average Bonchev–Trinajstić information content (AvgIpc) is 3.32. The predicted octanol–water partition coefficient (Wildman–Crippen LogP) is 3.06. The van der Waals surface area contributed by atoms with Crippen LogP contribution in [0.15, 0.2) is 36.7 Å². The number of pyridine rings is 1. The smallest absolute Gasteiger partial charge is 0.261 e. The van der Waals surface area contributed by atoms with E-state index < -0.39 is 0 Å². The molecule has 3 aromatic rings. The highest BCUT2D eigenvalue weighted by Gasteiger charge is 2.19. The second kappa shape index (κ2) is 6.37. The molecule has 1 atom stereocenters. The van der Waals surface area contributed by atoms with E-state index in [-0.39, 0.29) is 5.91 Å². The summed E-state index contributed by atoms with van der Waals surface area (Å²) in [5.74, 6) is -0.0214. The van der Waals surface area contributed by atoms with Crippen molar-refractivity contribution in [3.05, 3.63) is 57.7 Å². The lowest BCUT2D eigenvalue weighted by Gasteiger charge is -2.06. The molecule has 4 heterocycles. The first-order chi connectivity index (χ1) is 11.7. The zero-order chi connectivity index (χ0) is 16.5. The standard InChI is InChI=1S/C18H20N4OS/c1-12-4-3-9-22-13(10-20-17(12)22)11-21-18(23)16-7-6-15(24-16)14-5-2-8-19-14/h3-4,6-7,9-10,14,19H,2,5,8,11H2,1H3,(H,21,23)/t14-/m0/s1. The zero-order valence-electron chi connectivity index (χ0n) is 13.6. The highest BCUT2D eigenvalue weighted by atomic mass is 32.1. The van der Waals surface area contributed by atoms with E-state index in [0.717, 1.165) is 34.7 Å². The highest BCUT2D eigenvalue weighted by Crippen LogP contribution is 2.29. The van der Waals surface area contributed by atoms with Gasteiger partial charge in [-0.15, -0.1) is 11.3 Å². The third-order valence-corrected chi connectivity index (χ3v) is 5.69. The van der Waals surface area contributed by atoms with Gasteiger partial charge in [-0.05, 0) is 50.1 Å². The zero-order valence-corrected chi connectivity index (χ0v) is 14.4. The third kappa shape index (κ3) is 2.83. The number of hydrogen-bond donors (Lipinski definition) is 2. The van der Waals surface area contributed by atoms with Gasteiger partial charge in [0.2, 0.25) is 0 Å². The summed E-state index contributed by atoms with van der Waals surface area (Å²) >= 11 is 1.58. The van der Waals surface area contributed by atoms with E-state index in [4.69, 9.17) is 0 Å². The second-order valence-corrected chi connectivity index (χ2v) is 7.28. The molecule has 1 fully saturated rings. The quantitative estimate of drug-likeness (QED) is 0.767. The molecule has 0 aromatic carbocycles. The number of nitrogens with one attached hydrogen (secondary N) is 2. The van der Waals surface area contributed by atoms with Crippen molar-refractivity contribution in [2.24, 2.45) is 0 Å². The maximum Gasteiger partial charge on any atom is 0.261 e. The van der Waals surface area contributed by atoms with Gasteiger partial charge in [-0.1, -0.05) is 6.07 Å². The molecule has 0 spiro atoms. The summed E-state index contributed by atoms with van der Waals surface area (Å²) in [4.78, 5) is 18.9. The molecule has 0 bridgehead atoms. The normalized spacial score (nSPS) is 17.5. The van der Waals surface area contributed by atoms with Crippen LogP contribution in [-0.4, -0.2) is 21.8 Å². The van der Waals surface area contributed by atoms with Crippen LogP contribution in [0.1, 0.15) is 44.7 Å². The Morgan fingerprint density at radius 2 is 2.38 bits per heavy atom. The third-order valence-electron chi connectivity index (χ3n) is 4.49. The molecule has 0 radical (unpaired) electrons. The number of carbonyl (C=O) groups is 1. The van der Waals surface area contributed by atoms with Crippen LogP contribution in [0, 0.1) is 6.92 Å². The summed E-state index contributed by atoms with van der Waals surface area (Å²) < 4.78 is 2.03. The molecule has 2 N–H and O–H groups in total. The van der Waals surface area contributed by atoms with E-state index in [1.165, 1.54) is 11.3 Å². The van der Waals surface area contributed by atoms with Gasteiger partial charge in [-0.25, -0.2) is 4.98 Å². The Labute approximate surface area is 144 Å². The molecule has 6 heteroatoms. The van der Waals surface area contributed by atoms with E-state index in [2.05, 4.69) is 21.7 Å². The van der Waals surface area contributed by atoms with Crippen molar-refractivity contribution < 1.29 is 4.79 Å². The second-order valence-electron chi connectivity index (χ2n) is 6.17. The molecule has 1 aliphatic heterocycles. The number of thiophene rings is 1. The number of carbonyl (C=O) groups excluding carboxylic acids is 1. The molecule has 124 valence electrons. The maximum atomic E-state index is 12.4. The fraction of sp³-hybridized carbons (Fsp3) is 0.333. The van der Waals surface area contributed by atoms with Crippen molar-refractivity contribution in [1.29, 1.82) is 0 Å². The van der Waals surface area contributed by atoms with Crippen molar-refractivity contribution in [3.8, 4) is 0 Å². The predicted molar refractivity (Wildman–Crippen MR) is 95.4 cm³/mol. The van der Waals surface area contributed by atoms with E-state index in [1.54, 1.807) is 11.3 Å². The van der Waals surface area contributed by atoms with Gasteiger partial charge >= 0.3 is 0 Å². The minimum absolute atomic E-state index is 0.0214. The molecule has 0 aliphatic carbocycles. The van der Waals surface area contributed by atoms with Gasteiger partial charge < -0.3 is 15.0 Å². The van der Waals surface area contributed by atoms with Crippen molar-refractivity contribution in [2.45, 2.75) is 32.4 Å². The molecule has 1 amide bonds. The molecular formula is C18H20N4OS. The Hall–Kier alpha value is -2.18. The summed E-state index contributed by atoms with van der Waals surface area (Å²) in [5.41, 5.74) is 3.05. The number of amides is 1. The van der Waals surface area contributed by atoms with Gasteiger partial charge in [0.1, 0.15) is 5.65 Å². The van der Waals surface area contributed by atoms with Crippen molar-refractivity contribution in [2.75, 3.05) is 6.54 Å². The first kappa shape index (κ1) is 15.4. The fourth-order valence-electron chi connectivity index (χ4n) is 3.18. The van der Waals surface area contributed by atoms with Crippen LogP contribution in [-0.2, 0) is 6.54 Å². The van der Waals surface area contributed by atoms with Crippen LogP contribution >= 0.6 is 11.3 Å². The highest BCUT2D eigenvalue weighted by molar-refractivity contribution is 7.14. The minimum Gasteiger partial charge on any atom is -0.346 e. The Kier molecular flexibility index (Phi) is 4.08. The Morgan fingerprint density at radius 1 is 1.46 bits per heavy atom. The molecule has 0 unspecified atom stereocenters. The first-order valence-electron chi connectivity index (χ1n) is 8.25. The van der Waals surface area contributed by atoms with Crippen LogP contribution in [0.25, 0.3) is 5.65 Å². The number of hydrogen-bond acceptors (Lipinski definition) is 4. The SMILES string of the molecule is Cc1cccn2c(CNC(=O)c3ccc([C@@H]4CCCN4)s3)cnc12. The number of rotatable bonds is 4. The summed E-state index contributed by atoms with van der Waals surface area (Å²) in [7, 11) is 0. The van der Waals surface area contributed by atoms with Crippen LogP contribution < -0.4 is 10.6 Å². The molecule has 1 saturated heterocycles. The lowest BCUT2D eigenvalue weighted by atomic mass is 10.2. The number of aryl methyl sites for hydroxylation is 1. The van der Waals surface area contributed by atoms with Crippen LogP contribution in [0.4, 0.5) is 0 Å². The number of nitrogens with zero attached hydrogens (tertiary/aromatic N) is 2. The Morgan fingerprint density at radius 3 is 3.21 bits per heavy atom. The number of imidazole rings is 1. The summed E-state index contributed by atoms with van der Waals surface area (Å²) in [5, 5.41) is 6.48. The molecule has 1 aliphatic rings. The first-order valence-corrected chi connectivity index (χ1v) is 9.07. The maximum absolute atomic E-state index is 12.4. The van der Waals surface area contributed by atoms with Gasteiger partial charge in [-0.2, -0.15) is 0 Å². The van der Waals surface area contributed by atoms with Gasteiger partial charge in [0.15, 0.2) is 0 Å². The van der Waals surface area contributed by atoms with Crippen LogP contribution in [0.5, 0.6) is 0 Å². The van der Waals surface area contributed by atoms with E-state index in [0.29, 0.717) is 12.6 Å². The lowest BCUT2D eigenvalue weighted by molar-refractivity contribution is 0.0954. The minimum atomic E-state index is -0.0214. The molecule has 0 saturated carbocycles. The van der Waals surface area contributed by atoms with Crippen LogP contribution in [0.3, 0.4) is 0 Å². The Bertz CT molecular complexity index is 876. The number of aromatic nitrogens is 2. The number of fused-ring (bicyclic) bond motifs is 1. The Balaban J connectivity index is 1.45. The van der Waals surface area contributed by atoms with E-state index >= 15 is 0 Å². The monoisotopic (exact) mass is 340 g/mol.